The van der Waals surface area contributed by atoms with E-state index in [2.05, 4.69) is 10.1 Å². The molecule has 0 atom stereocenters. The second-order valence-electron chi connectivity index (χ2n) is 5.70. The van der Waals surface area contributed by atoms with E-state index < -0.39 is 27.5 Å². The Morgan fingerprint density at radius 2 is 1.81 bits per heavy atom. The summed E-state index contributed by atoms with van der Waals surface area (Å²) >= 11 is 0. The van der Waals surface area contributed by atoms with Gasteiger partial charge in [-0.25, -0.2) is 13.2 Å². The van der Waals surface area contributed by atoms with Gasteiger partial charge in [0.15, 0.2) is 9.84 Å². The Hall–Kier alpha value is -2.87. The molecule has 0 aliphatic rings. The monoisotopic (exact) mass is 391 g/mol. The predicted octanol–water partition coefficient (Wildman–Crippen LogP) is 2.43. The SMILES string of the molecule is CCOc1ccccc1NC(=O)CS(=O)(=O)Cc1cccc(C(=O)OC)c1. The van der Waals surface area contributed by atoms with Crippen LogP contribution in [0.3, 0.4) is 0 Å². The number of hydrogen-bond donors (Lipinski definition) is 1. The first-order valence-electron chi connectivity index (χ1n) is 8.24. The molecule has 0 radical (unpaired) electrons. The molecule has 27 heavy (non-hydrogen) atoms. The normalized spacial score (nSPS) is 10.9. The van der Waals surface area contributed by atoms with Crippen molar-refractivity contribution >= 4 is 27.4 Å². The van der Waals surface area contributed by atoms with Crippen LogP contribution < -0.4 is 10.1 Å². The molecular formula is C19H21NO6S. The van der Waals surface area contributed by atoms with Crippen molar-refractivity contribution in [3.8, 4) is 5.75 Å². The van der Waals surface area contributed by atoms with E-state index in [0.29, 0.717) is 23.6 Å². The predicted molar refractivity (Wildman–Crippen MR) is 102 cm³/mol. The van der Waals surface area contributed by atoms with E-state index in [-0.39, 0.29) is 11.3 Å². The van der Waals surface area contributed by atoms with Crippen molar-refractivity contribution in [2.24, 2.45) is 0 Å². The van der Waals surface area contributed by atoms with Gasteiger partial charge in [0.2, 0.25) is 5.91 Å². The largest absolute Gasteiger partial charge is 0.492 e. The minimum absolute atomic E-state index is 0.250. The van der Waals surface area contributed by atoms with E-state index in [1.54, 1.807) is 36.4 Å². The highest BCUT2D eigenvalue weighted by Gasteiger charge is 2.19. The lowest BCUT2D eigenvalue weighted by Crippen LogP contribution is -2.24. The summed E-state index contributed by atoms with van der Waals surface area (Å²) in [6, 6.07) is 12.9. The molecule has 0 unspecified atom stereocenters. The molecule has 0 fully saturated rings. The maximum atomic E-state index is 12.4. The lowest BCUT2D eigenvalue weighted by Gasteiger charge is -2.11. The fourth-order valence-corrected chi connectivity index (χ4v) is 3.71. The van der Waals surface area contributed by atoms with Crippen LogP contribution >= 0.6 is 0 Å². The number of hydrogen-bond acceptors (Lipinski definition) is 6. The molecular weight excluding hydrogens is 370 g/mol. The van der Waals surface area contributed by atoms with Gasteiger partial charge >= 0.3 is 5.97 Å². The summed E-state index contributed by atoms with van der Waals surface area (Å²) in [6.45, 7) is 2.23. The van der Waals surface area contributed by atoms with E-state index in [9.17, 15) is 18.0 Å². The van der Waals surface area contributed by atoms with Gasteiger partial charge in [-0.3, -0.25) is 4.79 Å². The average Bonchev–Trinajstić information content (AvgIpc) is 2.62. The second kappa shape index (κ2) is 9.18. The van der Waals surface area contributed by atoms with Gasteiger partial charge in [0.25, 0.3) is 0 Å². The van der Waals surface area contributed by atoms with Crippen LogP contribution in [0.2, 0.25) is 0 Å². The fourth-order valence-electron chi connectivity index (χ4n) is 2.45. The van der Waals surface area contributed by atoms with E-state index in [4.69, 9.17) is 4.74 Å². The number of amides is 1. The van der Waals surface area contributed by atoms with E-state index in [1.165, 1.54) is 19.2 Å². The highest BCUT2D eigenvalue weighted by Crippen LogP contribution is 2.23. The van der Waals surface area contributed by atoms with Gasteiger partial charge in [0.05, 0.1) is 30.7 Å². The van der Waals surface area contributed by atoms with Crippen LogP contribution in [0.25, 0.3) is 0 Å². The minimum Gasteiger partial charge on any atom is -0.492 e. The number of ether oxygens (including phenoxy) is 2. The summed E-state index contributed by atoms with van der Waals surface area (Å²) in [5, 5.41) is 2.56. The summed E-state index contributed by atoms with van der Waals surface area (Å²) in [4.78, 5) is 23.7. The van der Waals surface area contributed by atoms with Gasteiger partial charge in [-0.15, -0.1) is 0 Å². The number of esters is 1. The van der Waals surface area contributed by atoms with Crippen molar-refractivity contribution in [3.05, 3.63) is 59.7 Å². The molecule has 0 spiro atoms. The van der Waals surface area contributed by atoms with Crippen LogP contribution in [-0.4, -0.2) is 39.8 Å². The molecule has 1 amide bonds. The molecule has 0 aromatic heterocycles. The smallest absolute Gasteiger partial charge is 0.337 e. The highest BCUT2D eigenvalue weighted by atomic mass is 32.2. The van der Waals surface area contributed by atoms with Crippen LogP contribution in [0.5, 0.6) is 5.75 Å². The minimum atomic E-state index is -3.73. The van der Waals surface area contributed by atoms with Gasteiger partial charge in [-0.1, -0.05) is 24.3 Å². The van der Waals surface area contributed by atoms with Crippen LogP contribution in [0.1, 0.15) is 22.8 Å². The van der Waals surface area contributed by atoms with E-state index in [1.807, 2.05) is 6.92 Å². The Morgan fingerprint density at radius 3 is 2.52 bits per heavy atom. The Bertz CT molecular complexity index is 923. The maximum absolute atomic E-state index is 12.4. The summed E-state index contributed by atoms with van der Waals surface area (Å²) in [6.07, 6.45) is 0. The molecule has 2 aromatic carbocycles. The molecule has 0 heterocycles. The van der Waals surface area contributed by atoms with Crippen LogP contribution in [0.15, 0.2) is 48.5 Å². The molecule has 0 bridgehead atoms. The van der Waals surface area contributed by atoms with E-state index in [0.717, 1.165) is 0 Å². The van der Waals surface area contributed by atoms with Crippen LogP contribution in [-0.2, 0) is 25.1 Å². The van der Waals surface area contributed by atoms with Crippen LogP contribution in [0, 0.1) is 0 Å². The molecule has 2 aromatic rings. The zero-order chi connectivity index (χ0) is 19.9. The molecule has 0 aliphatic carbocycles. The number of anilines is 1. The first-order chi connectivity index (χ1) is 12.8. The Morgan fingerprint density at radius 1 is 1.07 bits per heavy atom. The highest BCUT2D eigenvalue weighted by molar-refractivity contribution is 7.91. The standard InChI is InChI=1S/C19H21NO6S/c1-3-26-17-10-5-4-9-16(17)20-18(21)13-27(23,24)12-14-7-6-8-15(11-14)19(22)25-2/h4-11H,3,12-13H2,1-2H3,(H,20,21). The summed E-state index contributed by atoms with van der Waals surface area (Å²) in [5.74, 6) is -1.80. The first kappa shape index (κ1) is 20.4. The molecule has 1 N–H and O–H groups in total. The van der Waals surface area contributed by atoms with Gasteiger partial charge in [0.1, 0.15) is 11.5 Å². The third kappa shape index (κ3) is 6.10. The first-order valence-corrected chi connectivity index (χ1v) is 10.1. The van der Waals surface area contributed by atoms with Crippen LogP contribution in [0.4, 0.5) is 5.69 Å². The molecule has 144 valence electrons. The molecule has 0 aliphatic heterocycles. The Labute approximate surface area is 158 Å². The molecule has 7 nitrogen and oxygen atoms in total. The van der Waals surface area contributed by atoms with Gasteiger partial charge in [-0.2, -0.15) is 0 Å². The third-order valence-electron chi connectivity index (χ3n) is 3.55. The quantitative estimate of drug-likeness (QED) is 0.694. The number of sulfone groups is 1. The summed E-state index contributed by atoms with van der Waals surface area (Å²) in [5.41, 5.74) is 1.06. The Kier molecular flexibility index (Phi) is 6.95. The van der Waals surface area contributed by atoms with Crippen molar-refractivity contribution < 1.29 is 27.5 Å². The molecule has 8 heteroatoms. The zero-order valence-corrected chi connectivity index (χ0v) is 15.9. The molecule has 0 saturated carbocycles. The summed E-state index contributed by atoms with van der Waals surface area (Å²) in [7, 11) is -2.49. The second-order valence-corrected chi connectivity index (χ2v) is 7.77. The van der Waals surface area contributed by atoms with Gasteiger partial charge in [-0.05, 0) is 36.8 Å². The van der Waals surface area contributed by atoms with E-state index >= 15 is 0 Å². The Balaban J connectivity index is 2.06. The average molecular weight is 391 g/mol. The lowest BCUT2D eigenvalue weighted by atomic mass is 10.1. The number of benzene rings is 2. The number of para-hydroxylation sites is 2. The summed E-state index contributed by atoms with van der Waals surface area (Å²) < 4.78 is 34.7. The fraction of sp³-hybridized carbons (Fsp3) is 0.263. The van der Waals surface area contributed by atoms with Crippen molar-refractivity contribution in [3.63, 3.8) is 0 Å². The van der Waals surface area contributed by atoms with Crippen molar-refractivity contribution in [1.82, 2.24) is 0 Å². The number of nitrogens with one attached hydrogen (secondary N) is 1. The number of methoxy groups -OCH3 is 1. The van der Waals surface area contributed by atoms with Crippen molar-refractivity contribution in [2.75, 3.05) is 24.8 Å². The third-order valence-corrected chi connectivity index (χ3v) is 5.02. The van der Waals surface area contributed by atoms with Crippen molar-refractivity contribution in [2.45, 2.75) is 12.7 Å². The number of rotatable bonds is 8. The topological polar surface area (TPSA) is 98.8 Å². The molecule has 2 rings (SSSR count). The lowest BCUT2D eigenvalue weighted by molar-refractivity contribution is -0.113. The zero-order valence-electron chi connectivity index (χ0n) is 15.1. The maximum Gasteiger partial charge on any atom is 0.337 e. The van der Waals surface area contributed by atoms with Crippen molar-refractivity contribution in [1.29, 1.82) is 0 Å². The number of carbonyl (C=O) groups excluding carboxylic acids is 2. The van der Waals surface area contributed by atoms with Gasteiger partial charge in [0, 0.05) is 0 Å². The van der Waals surface area contributed by atoms with Gasteiger partial charge < -0.3 is 14.8 Å². The number of carbonyl (C=O) groups is 2. The molecule has 0 saturated heterocycles.